The molecule has 76 valence electrons. The van der Waals surface area contributed by atoms with Crippen molar-refractivity contribution in [3.05, 3.63) is 0 Å². The van der Waals surface area contributed by atoms with Crippen LogP contribution in [0.2, 0.25) is 0 Å². The smallest absolute Gasteiger partial charge is 0.0643 e. The van der Waals surface area contributed by atoms with Gasteiger partial charge in [0.1, 0.15) is 0 Å². The first-order chi connectivity index (χ1) is 6.18. The third-order valence-electron chi connectivity index (χ3n) is 3.19. The van der Waals surface area contributed by atoms with Gasteiger partial charge in [-0.2, -0.15) is 11.8 Å². The third kappa shape index (κ3) is 2.20. The van der Waals surface area contributed by atoms with E-state index >= 15 is 0 Å². The van der Waals surface area contributed by atoms with E-state index in [0.29, 0.717) is 17.5 Å². The average molecular weight is 201 g/mol. The summed E-state index contributed by atoms with van der Waals surface area (Å²) in [5, 5.41) is 3.70. The molecule has 2 fully saturated rings. The molecule has 0 saturated carbocycles. The Kier molecular flexibility index (Phi) is 2.86. The molecule has 3 heteroatoms. The predicted molar refractivity (Wildman–Crippen MR) is 57.3 cm³/mol. The monoisotopic (exact) mass is 201 g/mol. The summed E-state index contributed by atoms with van der Waals surface area (Å²) in [6, 6.07) is 1.31. The molecule has 2 rings (SSSR count). The van der Waals surface area contributed by atoms with Crippen molar-refractivity contribution >= 4 is 11.8 Å². The maximum Gasteiger partial charge on any atom is 0.0643 e. The molecule has 13 heavy (non-hydrogen) atoms. The molecule has 2 aliphatic heterocycles. The summed E-state index contributed by atoms with van der Waals surface area (Å²) >= 11 is 2.08. The molecule has 2 aliphatic rings. The second kappa shape index (κ2) is 3.79. The Morgan fingerprint density at radius 1 is 1.38 bits per heavy atom. The van der Waals surface area contributed by atoms with Gasteiger partial charge in [-0.25, -0.2) is 0 Å². The Bertz CT molecular complexity index is 180. The van der Waals surface area contributed by atoms with E-state index in [4.69, 9.17) is 4.74 Å². The minimum atomic E-state index is 0.473. The highest BCUT2D eigenvalue weighted by Crippen LogP contribution is 2.34. The van der Waals surface area contributed by atoms with Crippen LogP contribution >= 0.6 is 11.8 Å². The molecule has 0 spiro atoms. The van der Waals surface area contributed by atoms with Gasteiger partial charge < -0.3 is 10.1 Å². The quantitative estimate of drug-likeness (QED) is 0.731. The van der Waals surface area contributed by atoms with Crippen LogP contribution in [0.5, 0.6) is 0 Å². The van der Waals surface area contributed by atoms with Crippen LogP contribution in [0.4, 0.5) is 0 Å². The molecule has 2 saturated heterocycles. The van der Waals surface area contributed by atoms with Crippen LogP contribution in [0, 0.1) is 5.41 Å². The minimum Gasteiger partial charge on any atom is -0.378 e. The summed E-state index contributed by atoms with van der Waals surface area (Å²) < 4.78 is 5.18. The first-order valence-electron chi connectivity index (χ1n) is 5.10. The predicted octanol–water partition coefficient (Wildman–Crippen LogP) is 1.51. The molecular formula is C10H19NOS. The van der Waals surface area contributed by atoms with E-state index in [9.17, 15) is 0 Å². The van der Waals surface area contributed by atoms with Gasteiger partial charge in [0, 0.05) is 11.8 Å². The van der Waals surface area contributed by atoms with Crippen LogP contribution < -0.4 is 5.32 Å². The van der Waals surface area contributed by atoms with Crippen LogP contribution in [-0.4, -0.2) is 36.8 Å². The maximum absolute atomic E-state index is 5.18. The fourth-order valence-electron chi connectivity index (χ4n) is 1.83. The van der Waals surface area contributed by atoms with Gasteiger partial charge in [-0.05, 0) is 17.6 Å². The van der Waals surface area contributed by atoms with Crippen molar-refractivity contribution in [1.29, 1.82) is 0 Å². The summed E-state index contributed by atoms with van der Waals surface area (Å²) in [7, 11) is 0. The normalized spacial score (nSPS) is 34.2. The van der Waals surface area contributed by atoms with Crippen molar-refractivity contribution < 1.29 is 4.74 Å². The minimum absolute atomic E-state index is 0.473. The van der Waals surface area contributed by atoms with Gasteiger partial charge in [-0.15, -0.1) is 0 Å². The topological polar surface area (TPSA) is 21.3 Å². The zero-order valence-electron chi connectivity index (χ0n) is 8.51. The van der Waals surface area contributed by atoms with E-state index in [-0.39, 0.29) is 0 Å². The molecule has 1 unspecified atom stereocenters. The van der Waals surface area contributed by atoms with Crippen LogP contribution in [0.25, 0.3) is 0 Å². The van der Waals surface area contributed by atoms with Gasteiger partial charge in [-0.1, -0.05) is 13.8 Å². The molecule has 0 aliphatic carbocycles. The average Bonchev–Trinajstić information content (AvgIpc) is 1.98. The highest BCUT2D eigenvalue weighted by Gasteiger charge is 2.35. The van der Waals surface area contributed by atoms with Crippen molar-refractivity contribution in [2.75, 3.05) is 24.7 Å². The highest BCUT2D eigenvalue weighted by molar-refractivity contribution is 7.99. The molecule has 0 aromatic heterocycles. The Balaban J connectivity index is 1.87. The zero-order chi connectivity index (χ0) is 9.31. The summed E-state index contributed by atoms with van der Waals surface area (Å²) in [6.45, 7) is 6.59. The van der Waals surface area contributed by atoms with Gasteiger partial charge in [0.25, 0.3) is 0 Å². The second-order valence-electron chi connectivity index (χ2n) is 4.77. The summed E-state index contributed by atoms with van der Waals surface area (Å²) in [5.74, 6) is 2.59. The van der Waals surface area contributed by atoms with E-state index in [1.54, 1.807) is 0 Å². The molecule has 1 N–H and O–H groups in total. The Morgan fingerprint density at radius 3 is 2.69 bits per heavy atom. The van der Waals surface area contributed by atoms with Gasteiger partial charge in [-0.3, -0.25) is 0 Å². The molecule has 0 aromatic rings. The van der Waals surface area contributed by atoms with E-state index < -0.39 is 0 Å². The number of ether oxygens (including phenoxy) is 1. The molecular weight excluding hydrogens is 182 g/mol. The highest BCUT2D eigenvalue weighted by atomic mass is 32.2. The molecule has 1 atom stereocenters. The summed E-state index contributed by atoms with van der Waals surface area (Å²) in [5.41, 5.74) is 0.473. The first-order valence-corrected chi connectivity index (χ1v) is 6.25. The van der Waals surface area contributed by atoms with Crippen molar-refractivity contribution in [2.24, 2.45) is 5.41 Å². The van der Waals surface area contributed by atoms with Crippen LogP contribution in [0.1, 0.15) is 20.3 Å². The van der Waals surface area contributed by atoms with E-state index in [2.05, 4.69) is 30.9 Å². The maximum atomic E-state index is 5.18. The molecule has 0 amide bonds. The lowest BCUT2D eigenvalue weighted by Crippen LogP contribution is -2.56. The third-order valence-corrected chi connectivity index (χ3v) is 4.26. The summed E-state index contributed by atoms with van der Waals surface area (Å²) in [6.07, 6.45) is 1.34. The number of rotatable bonds is 2. The molecule has 2 nitrogen and oxygen atoms in total. The van der Waals surface area contributed by atoms with E-state index in [1.165, 1.54) is 17.9 Å². The fourth-order valence-corrected chi connectivity index (χ4v) is 3.45. The SMILES string of the molecule is CC1(C)CCSCC1NC1COC1. The van der Waals surface area contributed by atoms with Crippen LogP contribution in [0.3, 0.4) is 0 Å². The fraction of sp³-hybridized carbons (Fsp3) is 1.00. The number of thioether (sulfide) groups is 1. The number of hydrogen-bond donors (Lipinski definition) is 1. The van der Waals surface area contributed by atoms with Gasteiger partial charge in [0.2, 0.25) is 0 Å². The standard InChI is InChI=1S/C10H19NOS/c1-10(2)3-4-13-7-9(10)11-8-5-12-6-8/h8-9,11H,3-7H2,1-2H3. The van der Waals surface area contributed by atoms with E-state index in [1.807, 2.05) is 0 Å². The Labute approximate surface area is 84.8 Å². The molecule has 2 heterocycles. The lowest BCUT2D eigenvalue weighted by Gasteiger charge is -2.42. The van der Waals surface area contributed by atoms with Gasteiger partial charge in [0.15, 0.2) is 0 Å². The first kappa shape index (κ1) is 9.81. The number of nitrogens with one attached hydrogen (secondary N) is 1. The largest absolute Gasteiger partial charge is 0.378 e. The number of hydrogen-bond acceptors (Lipinski definition) is 3. The van der Waals surface area contributed by atoms with E-state index in [0.717, 1.165) is 13.2 Å². The zero-order valence-corrected chi connectivity index (χ0v) is 9.32. The van der Waals surface area contributed by atoms with Crippen molar-refractivity contribution in [3.63, 3.8) is 0 Å². The molecule has 0 aromatic carbocycles. The van der Waals surface area contributed by atoms with Crippen molar-refractivity contribution in [3.8, 4) is 0 Å². The van der Waals surface area contributed by atoms with Crippen molar-refractivity contribution in [1.82, 2.24) is 5.32 Å². The van der Waals surface area contributed by atoms with Gasteiger partial charge >= 0.3 is 0 Å². The van der Waals surface area contributed by atoms with Crippen LogP contribution in [0.15, 0.2) is 0 Å². The van der Waals surface area contributed by atoms with Gasteiger partial charge in [0.05, 0.1) is 19.3 Å². The lowest BCUT2D eigenvalue weighted by atomic mass is 9.82. The molecule has 0 bridgehead atoms. The Morgan fingerprint density at radius 2 is 2.15 bits per heavy atom. The lowest BCUT2D eigenvalue weighted by molar-refractivity contribution is -0.0161. The van der Waals surface area contributed by atoms with Crippen molar-refractivity contribution in [2.45, 2.75) is 32.4 Å². The van der Waals surface area contributed by atoms with Crippen LogP contribution in [-0.2, 0) is 4.74 Å². The molecule has 0 radical (unpaired) electrons. The second-order valence-corrected chi connectivity index (χ2v) is 5.92. The summed E-state index contributed by atoms with van der Waals surface area (Å²) in [4.78, 5) is 0. The Hall–Kier alpha value is 0.270.